The fraction of sp³-hybridized carbons (Fsp3) is 0.611. The second kappa shape index (κ2) is 6.31. The fourth-order valence-corrected chi connectivity index (χ4v) is 5.04. The zero-order valence-electron chi connectivity index (χ0n) is 14.1. The number of carbonyl (C=O) groups excluding carboxylic acids is 1. The van der Waals surface area contributed by atoms with Crippen LogP contribution < -0.4 is 10.9 Å². The zero-order valence-corrected chi connectivity index (χ0v) is 14.9. The molecule has 0 spiro atoms. The molecule has 1 N–H and O–H groups in total. The van der Waals surface area contributed by atoms with Crippen molar-refractivity contribution in [1.82, 2.24) is 14.9 Å². The Bertz CT molecular complexity index is 846. The van der Waals surface area contributed by atoms with E-state index in [2.05, 4.69) is 10.3 Å². The SMILES string of the molecule is Cc1c(C(=O)NC2CCCCC2)sc2nc3n(c(=O)c12)CCCC3. The molecule has 128 valence electrons. The van der Waals surface area contributed by atoms with Crippen molar-refractivity contribution in [3.8, 4) is 0 Å². The number of nitrogens with zero attached hydrogens (tertiary/aromatic N) is 2. The largest absolute Gasteiger partial charge is 0.349 e. The van der Waals surface area contributed by atoms with Crippen LogP contribution in [0.1, 0.15) is 66.0 Å². The number of thiophene rings is 1. The Morgan fingerprint density at radius 3 is 2.79 bits per heavy atom. The summed E-state index contributed by atoms with van der Waals surface area (Å²) in [7, 11) is 0. The van der Waals surface area contributed by atoms with Crippen molar-refractivity contribution in [2.45, 2.75) is 70.9 Å². The lowest BCUT2D eigenvalue weighted by Crippen LogP contribution is -2.36. The first kappa shape index (κ1) is 15.8. The molecule has 0 radical (unpaired) electrons. The number of rotatable bonds is 2. The van der Waals surface area contributed by atoms with Gasteiger partial charge in [0.05, 0.1) is 10.3 Å². The van der Waals surface area contributed by atoms with Crippen molar-refractivity contribution in [3.05, 3.63) is 26.6 Å². The van der Waals surface area contributed by atoms with Gasteiger partial charge in [-0.25, -0.2) is 4.98 Å². The minimum Gasteiger partial charge on any atom is -0.349 e. The minimum atomic E-state index is -0.0372. The van der Waals surface area contributed by atoms with Crippen LogP contribution in [0.15, 0.2) is 4.79 Å². The lowest BCUT2D eigenvalue weighted by atomic mass is 9.95. The topological polar surface area (TPSA) is 64.0 Å². The van der Waals surface area contributed by atoms with Crippen LogP contribution in [-0.2, 0) is 13.0 Å². The van der Waals surface area contributed by atoms with E-state index in [1.165, 1.54) is 30.6 Å². The van der Waals surface area contributed by atoms with E-state index in [0.717, 1.165) is 54.9 Å². The molecule has 1 fully saturated rings. The highest BCUT2D eigenvalue weighted by atomic mass is 32.1. The molecular formula is C18H23N3O2S. The number of nitrogens with one attached hydrogen (secondary N) is 1. The number of aromatic nitrogens is 2. The van der Waals surface area contributed by atoms with Crippen LogP contribution in [0.5, 0.6) is 0 Å². The van der Waals surface area contributed by atoms with Gasteiger partial charge >= 0.3 is 0 Å². The molecule has 2 aromatic heterocycles. The predicted molar refractivity (Wildman–Crippen MR) is 95.9 cm³/mol. The number of carbonyl (C=O) groups is 1. The molecule has 1 aliphatic heterocycles. The Morgan fingerprint density at radius 1 is 1.21 bits per heavy atom. The summed E-state index contributed by atoms with van der Waals surface area (Å²) in [4.78, 5) is 31.6. The van der Waals surface area contributed by atoms with Crippen molar-refractivity contribution in [2.24, 2.45) is 0 Å². The molecular weight excluding hydrogens is 322 g/mol. The Hall–Kier alpha value is -1.69. The van der Waals surface area contributed by atoms with Crippen LogP contribution in [0.25, 0.3) is 10.2 Å². The number of aryl methyl sites for hydroxylation is 2. The van der Waals surface area contributed by atoms with E-state index in [-0.39, 0.29) is 17.5 Å². The van der Waals surface area contributed by atoms with Gasteiger partial charge in [-0.15, -0.1) is 11.3 Å². The van der Waals surface area contributed by atoms with Gasteiger partial charge in [-0.05, 0) is 38.2 Å². The average Bonchev–Trinajstić information content (AvgIpc) is 2.93. The highest BCUT2D eigenvalue weighted by Gasteiger charge is 2.24. The fourth-order valence-electron chi connectivity index (χ4n) is 3.95. The normalized spacial score (nSPS) is 18.5. The Kier molecular flexibility index (Phi) is 4.16. The Labute approximate surface area is 145 Å². The van der Waals surface area contributed by atoms with Gasteiger partial charge in [0.2, 0.25) is 0 Å². The molecule has 0 atom stereocenters. The number of fused-ring (bicyclic) bond motifs is 2. The maximum atomic E-state index is 12.8. The zero-order chi connectivity index (χ0) is 16.7. The van der Waals surface area contributed by atoms with Gasteiger partial charge in [0.15, 0.2) is 0 Å². The molecule has 6 heteroatoms. The summed E-state index contributed by atoms with van der Waals surface area (Å²) < 4.78 is 1.80. The first-order chi connectivity index (χ1) is 11.6. The molecule has 2 aliphatic rings. The highest BCUT2D eigenvalue weighted by Crippen LogP contribution is 2.29. The number of hydrogen-bond donors (Lipinski definition) is 1. The van der Waals surface area contributed by atoms with Crippen LogP contribution in [0.2, 0.25) is 0 Å². The van der Waals surface area contributed by atoms with Crippen LogP contribution in [0.4, 0.5) is 0 Å². The molecule has 0 unspecified atom stereocenters. The maximum absolute atomic E-state index is 12.8. The van der Waals surface area contributed by atoms with Gasteiger partial charge < -0.3 is 5.32 Å². The summed E-state index contributed by atoms with van der Waals surface area (Å²) in [5.74, 6) is 0.837. The predicted octanol–water partition coefficient (Wildman–Crippen LogP) is 3.17. The third-order valence-electron chi connectivity index (χ3n) is 5.31. The van der Waals surface area contributed by atoms with E-state index < -0.39 is 0 Å². The molecule has 5 nitrogen and oxygen atoms in total. The molecule has 1 saturated carbocycles. The molecule has 24 heavy (non-hydrogen) atoms. The Balaban J connectivity index is 1.71. The van der Waals surface area contributed by atoms with Gasteiger partial charge in [-0.3, -0.25) is 14.2 Å². The summed E-state index contributed by atoms with van der Waals surface area (Å²) in [5.41, 5.74) is 0.821. The first-order valence-corrected chi connectivity index (χ1v) is 9.80. The molecule has 1 aliphatic carbocycles. The van der Waals surface area contributed by atoms with E-state index in [4.69, 9.17) is 0 Å². The minimum absolute atomic E-state index is 0.0279. The quantitative estimate of drug-likeness (QED) is 0.909. The van der Waals surface area contributed by atoms with Crippen LogP contribution in [0, 0.1) is 6.92 Å². The van der Waals surface area contributed by atoms with Crippen LogP contribution in [0.3, 0.4) is 0 Å². The van der Waals surface area contributed by atoms with Crippen molar-refractivity contribution in [1.29, 1.82) is 0 Å². The number of amides is 1. The van der Waals surface area contributed by atoms with E-state index in [0.29, 0.717) is 10.3 Å². The monoisotopic (exact) mass is 345 g/mol. The third kappa shape index (κ3) is 2.66. The van der Waals surface area contributed by atoms with Crippen molar-refractivity contribution < 1.29 is 4.79 Å². The third-order valence-corrected chi connectivity index (χ3v) is 6.49. The molecule has 0 bridgehead atoms. The summed E-state index contributed by atoms with van der Waals surface area (Å²) in [6.45, 7) is 2.63. The Morgan fingerprint density at radius 2 is 2.00 bits per heavy atom. The van der Waals surface area contributed by atoms with Crippen molar-refractivity contribution >= 4 is 27.5 Å². The van der Waals surface area contributed by atoms with Crippen LogP contribution >= 0.6 is 11.3 Å². The van der Waals surface area contributed by atoms with Gasteiger partial charge in [-0.1, -0.05) is 19.3 Å². The van der Waals surface area contributed by atoms with Gasteiger partial charge in [0.1, 0.15) is 10.7 Å². The highest BCUT2D eigenvalue weighted by molar-refractivity contribution is 7.20. The standard InChI is InChI=1S/C18H23N3O2S/c1-11-14-17(20-13-9-5-6-10-21(13)18(14)23)24-15(11)16(22)19-12-7-3-2-4-8-12/h12H,2-10H2,1H3,(H,19,22). The van der Waals surface area contributed by atoms with Gasteiger partial charge in [0.25, 0.3) is 11.5 Å². The summed E-state index contributed by atoms with van der Waals surface area (Å²) in [5, 5.41) is 3.80. The lowest BCUT2D eigenvalue weighted by molar-refractivity contribution is 0.0931. The van der Waals surface area contributed by atoms with E-state index in [9.17, 15) is 9.59 Å². The van der Waals surface area contributed by atoms with E-state index in [1.54, 1.807) is 4.57 Å². The molecule has 3 heterocycles. The average molecular weight is 345 g/mol. The second-order valence-electron chi connectivity index (χ2n) is 6.99. The second-order valence-corrected chi connectivity index (χ2v) is 7.99. The first-order valence-electron chi connectivity index (χ1n) is 8.99. The lowest BCUT2D eigenvalue weighted by Gasteiger charge is -2.22. The smallest absolute Gasteiger partial charge is 0.262 e. The van der Waals surface area contributed by atoms with Gasteiger partial charge in [0, 0.05) is 19.0 Å². The molecule has 0 aromatic carbocycles. The van der Waals surface area contributed by atoms with E-state index in [1.807, 2.05) is 6.92 Å². The molecule has 2 aromatic rings. The summed E-state index contributed by atoms with van der Waals surface area (Å²) in [6, 6.07) is 0.276. The molecule has 4 rings (SSSR count). The van der Waals surface area contributed by atoms with E-state index >= 15 is 0 Å². The summed E-state index contributed by atoms with van der Waals surface area (Å²) in [6.07, 6.45) is 8.72. The molecule has 1 amide bonds. The number of hydrogen-bond acceptors (Lipinski definition) is 4. The van der Waals surface area contributed by atoms with Gasteiger partial charge in [-0.2, -0.15) is 0 Å². The van der Waals surface area contributed by atoms with Crippen LogP contribution in [-0.4, -0.2) is 21.5 Å². The van der Waals surface area contributed by atoms with Crippen molar-refractivity contribution in [2.75, 3.05) is 0 Å². The molecule has 0 saturated heterocycles. The van der Waals surface area contributed by atoms with Crippen molar-refractivity contribution in [3.63, 3.8) is 0 Å². The summed E-state index contributed by atoms with van der Waals surface area (Å²) >= 11 is 1.37. The maximum Gasteiger partial charge on any atom is 0.262 e.